The summed E-state index contributed by atoms with van der Waals surface area (Å²) >= 11 is 0. The van der Waals surface area contributed by atoms with Crippen LogP contribution in [0, 0.1) is 0 Å². The summed E-state index contributed by atoms with van der Waals surface area (Å²) < 4.78 is 39.4. The molecule has 19 heavy (non-hydrogen) atoms. The number of rotatable bonds is 4. The Morgan fingerprint density at radius 3 is 2.42 bits per heavy atom. The van der Waals surface area contributed by atoms with E-state index in [1.165, 1.54) is 6.92 Å². The van der Waals surface area contributed by atoms with E-state index < -0.39 is 42.7 Å². The van der Waals surface area contributed by atoms with Crippen LogP contribution in [0.15, 0.2) is 0 Å². The van der Waals surface area contributed by atoms with Crippen LogP contribution in [0.25, 0.3) is 0 Å². The van der Waals surface area contributed by atoms with Gasteiger partial charge in [0.2, 0.25) is 11.8 Å². The van der Waals surface area contributed by atoms with Crippen molar-refractivity contribution in [1.82, 2.24) is 10.2 Å². The highest BCUT2D eigenvalue weighted by Gasteiger charge is 2.51. The van der Waals surface area contributed by atoms with Gasteiger partial charge in [0, 0.05) is 6.04 Å². The number of nitrogens with zero attached hydrogens (tertiary/aromatic N) is 1. The second-order valence-corrected chi connectivity index (χ2v) is 4.57. The first-order valence-corrected chi connectivity index (χ1v) is 6.14. The van der Waals surface area contributed by atoms with Crippen LogP contribution in [-0.2, 0) is 9.59 Å². The number of halogens is 3. The predicted octanol–water partition coefficient (Wildman–Crippen LogP) is 0.392. The smallest absolute Gasteiger partial charge is 0.326 e. The topological polar surface area (TPSA) is 75.4 Å². The molecule has 5 nitrogen and oxygen atoms in total. The standard InChI is InChI=1S/C11H18F3N3O2/c1-3-6(15)9(11(12,13)14)17-5-8(18)16-10(19)7(17)4-2/h6-7,9H,3-5,15H2,1-2H3,(H,16,18,19). The molecule has 3 atom stereocenters. The lowest BCUT2D eigenvalue weighted by atomic mass is 9.99. The molecule has 1 rings (SSSR count). The Morgan fingerprint density at radius 1 is 1.42 bits per heavy atom. The van der Waals surface area contributed by atoms with E-state index in [0.717, 1.165) is 4.90 Å². The molecule has 3 N–H and O–H groups in total. The lowest BCUT2D eigenvalue weighted by Crippen LogP contribution is -2.67. The molecule has 1 aliphatic heterocycles. The van der Waals surface area contributed by atoms with Crippen LogP contribution >= 0.6 is 0 Å². The van der Waals surface area contributed by atoms with E-state index in [1.54, 1.807) is 6.92 Å². The molecule has 0 aliphatic carbocycles. The highest BCUT2D eigenvalue weighted by Crippen LogP contribution is 2.30. The van der Waals surface area contributed by atoms with E-state index in [2.05, 4.69) is 0 Å². The maximum atomic E-state index is 13.1. The van der Waals surface area contributed by atoms with Crippen molar-refractivity contribution in [3.8, 4) is 0 Å². The highest BCUT2D eigenvalue weighted by atomic mass is 19.4. The summed E-state index contributed by atoms with van der Waals surface area (Å²) in [4.78, 5) is 23.8. The van der Waals surface area contributed by atoms with E-state index in [4.69, 9.17) is 5.73 Å². The van der Waals surface area contributed by atoms with Crippen LogP contribution in [0.1, 0.15) is 26.7 Å². The van der Waals surface area contributed by atoms with E-state index in [0.29, 0.717) is 0 Å². The first kappa shape index (κ1) is 15.9. The number of nitrogens with one attached hydrogen (secondary N) is 1. The molecular formula is C11H18F3N3O2. The van der Waals surface area contributed by atoms with Crippen molar-refractivity contribution in [2.24, 2.45) is 5.73 Å². The monoisotopic (exact) mass is 281 g/mol. The third-order valence-corrected chi connectivity index (χ3v) is 3.25. The number of amides is 2. The van der Waals surface area contributed by atoms with Crippen LogP contribution in [0.3, 0.4) is 0 Å². The van der Waals surface area contributed by atoms with E-state index >= 15 is 0 Å². The van der Waals surface area contributed by atoms with Crippen molar-refractivity contribution in [2.45, 2.75) is 51.0 Å². The maximum absolute atomic E-state index is 13.1. The predicted molar refractivity (Wildman–Crippen MR) is 62.0 cm³/mol. The molecule has 0 aromatic rings. The van der Waals surface area contributed by atoms with Gasteiger partial charge in [0.05, 0.1) is 12.6 Å². The quantitative estimate of drug-likeness (QED) is 0.731. The number of alkyl halides is 3. The molecule has 1 heterocycles. The first-order valence-electron chi connectivity index (χ1n) is 6.14. The van der Waals surface area contributed by atoms with Crippen molar-refractivity contribution in [2.75, 3.05) is 6.54 Å². The summed E-state index contributed by atoms with van der Waals surface area (Å²) in [7, 11) is 0. The van der Waals surface area contributed by atoms with Crippen molar-refractivity contribution in [3.63, 3.8) is 0 Å². The summed E-state index contributed by atoms with van der Waals surface area (Å²) in [5.74, 6) is -1.43. The van der Waals surface area contributed by atoms with Gasteiger partial charge in [-0.15, -0.1) is 0 Å². The van der Waals surface area contributed by atoms with Crippen LogP contribution in [0.5, 0.6) is 0 Å². The highest BCUT2D eigenvalue weighted by molar-refractivity contribution is 6.01. The number of hydrogen-bond donors (Lipinski definition) is 2. The molecule has 0 bridgehead atoms. The maximum Gasteiger partial charge on any atom is 0.405 e. The van der Waals surface area contributed by atoms with E-state index in [9.17, 15) is 22.8 Å². The van der Waals surface area contributed by atoms with Crippen molar-refractivity contribution in [1.29, 1.82) is 0 Å². The molecule has 110 valence electrons. The summed E-state index contributed by atoms with van der Waals surface area (Å²) in [6, 6.07) is -4.15. The van der Waals surface area contributed by atoms with Crippen LogP contribution in [0.4, 0.5) is 13.2 Å². The minimum Gasteiger partial charge on any atom is -0.326 e. The number of nitrogens with two attached hydrogens (primary N) is 1. The summed E-state index contributed by atoms with van der Waals surface area (Å²) in [6.07, 6.45) is -4.30. The summed E-state index contributed by atoms with van der Waals surface area (Å²) in [5.41, 5.74) is 5.54. The molecule has 2 amide bonds. The van der Waals surface area contributed by atoms with Gasteiger partial charge in [0.15, 0.2) is 0 Å². The van der Waals surface area contributed by atoms with Gasteiger partial charge in [-0.3, -0.25) is 19.8 Å². The van der Waals surface area contributed by atoms with E-state index in [1.807, 2.05) is 5.32 Å². The summed E-state index contributed by atoms with van der Waals surface area (Å²) in [5, 5.41) is 2.05. The van der Waals surface area contributed by atoms with Crippen LogP contribution in [-0.4, -0.2) is 47.6 Å². The zero-order chi connectivity index (χ0) is 14.8. The molecule has 0 aromatic carbocycles. The van der Waals surface area contributed by atoms with Gasteiger partial charge in [0.1, 0.15) is 6.04 Å². The number of carbonyl (C=O) groups is 2. The Balaban J connectivity index is 3.10. The normalized spacial score (nSPS) is 25.1. The Hall–Kier alpha value is -1.15. The molecule has 3 unspecified atom stereocenters. The van der Waals surface area contributed by atoms with Crippen LogP contribution < -0.4 is 11.1 Å². The first-order chi connectivity index (χ1) is 8.72. The molecule has 0 radical (unpaired) electrons. The minimum atomic E-state index is -4.58. The SMILES string of the molecule is CCC(N)C(N1CC(=O)NC(=O)C1CC)C(F)(F)F. The Labute approximate surface area is 109 Å². The zero-order valence-corrected chi connectivity index (χ0v) is 10.8. The second-order valence-electron chi connectivity index (χ2n) is 4.57. The van der Waals surface area contributed by atoms with Gasteiger partial charge in [-0.25, -0.2) is 0 Å². The van der Waals surface area contributed by atoms with Gasteiger partial charge < -0.3 is 5.73 Å². The number of imide groups is 1. The fourth-order valence-corrected chi connectivity index (χ4v) is 2.30. The average Bonchev–Trinajstić information content (AvgIpc) is 2.26. The van der Waals surface area contributed by atoms with Gasteiger partial charge in [0.25, 0.3) is 0 Å². The molecule has 1 fully saturated rings. The lowest BCUT2D eigenvalue weighted by Gasteiger charge is -2.42. The molecule has 8 heteroatoms. The molecule has 0 saturated carbocycles. The van der Waals surface area contributed by atoms with Crippen molar-refractivity contribution in [3.05, 3.63) is 0 Å². The van der Waals surface area contributed by atoms with Gasteiger partial charge in [-0.1, -0.05) is 13.8 Å². The second kappa shape index (κ2) is 5.87. The number of carbonyl (C=O) groups excluding carboxylic acids is 2. The molecule has 0 aromatic heterocycles. The fraction of sp³-hybridized carbons (Fsp3) is 0.818. The Kier molecular flexibility index (Phi) is 4.92. The third kappa shape index (κ3) is 3.44. The summed E-state index contributed by atoms with van der Waals surface area (Å²) in [6.45, 7) is 2.66. The fourth-order valence-electron chi connectivity index (χ4n) is 2.30. The van der Waals surface area contributed by atoms with E-state index in [-0.39, 0.29) is 12.8 Å². The minimum absolute atomic E-state index is 0.104. The van der Waals surface area contributed by atoms with Crippen molar-refractivity contribution < 1.29 is 22.8 Å². The average molecular weight is 281 g/mol. The van der Waals surface area contributed by atoms with Crippen LogP contribution in [0.2, 0.25) is 0 Å². The molecular weight excluding hydrogens is 263 g/mol. The Morgan fingerprint density at radius 2 is 2.00 bits per heavy atom. The molecule has 1 aliphatic rings. The van der Waals surface area contributed by atoms with Gasteiger partial charge in [-0.05, 0) is 12.8 Å². The van der Waals surface area contributed by atoms with Gasteiger partial charge in [-0.2, -0.15) is 13.2 Å². The largest absolute Gasteiger partial charge is 0.405 e. The molecule has 1 saturated heterocycles. The zero-order valence-electron chi connectivity index (χ0n) is 10.8. The van der Waals surface area contributed by atoms with Gasteiger partial charge >= 0.3 is 6.18 Å². The lowest BCUT2D eigenvalue weighted by molar-refractivity contribution is -0.199. The molecule has 0 spiro atoms. The van der Waals surface area contributed by atoms with Crippen molar-refractivity contribution >= 4 is 11.8 Å². The number of piperazine rings is 1. The number of hydrogen-bond acceptors (Lipinski definition) is 4. The Bertz CT molecular complexity index is 360. The third-order valence-electron chi connectivity index (χ3n) is 3.25.